The molecule has 0 saturated heterocycles. The van der Waals surface area contributed by atoms with Crippen LogP contribution in [-0.2, 0) is 15.1 Å². The van der Waals surface area contributed by atoms with Gasteiger partial charge in [-0.2, -0.15) is 0 Å². The molecule has 8 heteroatoms. The number of halogens is 2. The molecule has 0 aliphatic heterocycles. The maximum absolute atomic E-state index is 12.5. The number of hydrogen-bond acceptors (Lipinski definition) is 3. The quantitative estimate of drug-likeness (QED) is 0.0894. The Kier molecular flexibility index (Phi) is 18.0. The molecule has 8 aromatic rings. The minimum atomic E-state index is -1.38. The van der Waals surface area contributed by atoms with Crippen molar-refractivity contribution in [3.8, 4) is 0 Å². The standard InChI is InChI=1S/C39H34OP2.C14H16N2.2ClH.Ru/c1-29-23-25-35(37(27-29)41(31-15-7-3-8-16-31)32-17-9-4-10-18-32)39(40)36-26-24-30(2)28-38(36)42(33-19-11-5-12-20-33)34-21-13-6-14-22-34;15-13(11-7-3-1-4-8-11)14(16)12-9-5-2-6-10-12;;;/h3-28,39-40H,1-2H3;1-10,13-14H,15-16H2;2*1H;/q;;;;+4. The summed E-state index contributed by atoms with van der Waals surface area (Å²) in [6, 6.07) is 76.0. The molecule has 0 spiro atoms. The van der Waals surface area contributed by atoms with Crippen molar-refractivity contribution in [1.82, 2.24) is 0 Å². The van der Waals surface area contributed by atoms with Gasteiger partial charge in [0.15, 0.2) is 0 Å². The van der Waals surface area contributed by atoms with E-state index < -0.39 is 21.9 Å². The fourth-order valence-electron chi connectivity index (χ4n) is 7.56. The van der Waals surface area contributed by atoms with E-state index in [1.807, 2.05) is 60.7 Å². The van der Waals surface area contributed by atoms with Crippen LogP contribution in [0.4, 0.5) is 0 Å². The second-order valence-electron chi connectivity index (χ2n) is 14.7. The molecule has 0 amide bonds. The Hall–Kier alpha value is -4.30. The van der Waals surface area contributed by atoms with Crippen molar-refractivity contribution in [1.29, 1.82) is 0 Å². The van der Waals surface area contributed by atoms with Gasteiger partial charge in [-0.25, -0.2) is 0 Å². The van der Waals surface area contributed by atoms with E-state index in [0.29, 0.717) is 0 Å². The number of hydrogen-bond donors (Lipinski definition) is 3. The fourth-order valence-corrected chi connectivity index (χ4v) is 13.3. The number of aryl methyl sites for hydroxylation is 2. The van der Waals surface area contributed by atoms with Crippen LogP contribution in [0.5, 0.6) is 0 Å². The summed E-state index contributed by atoms with van der Waals surface area (Å²) >= 11 is -0.346. The SMILES string of the molecule is Cc1ccc(C(O)c2ccc(C)cc2[PH+](c2ccccc2)c2ccccc2)c([PH+](c2ccccc2)c2ccccc2)c1.NC(c1ccccc1)C(N)c1ccccc1.[Cl][Ru+2][Cl]. The fraction of sp³-hybridized carbons (Fsp3) is 0.0943. The van der Waals surface area contributed by atoms with Crippen LogP contribution in [0.2, 0.25) is 0 Å². The van der Waals surface area contributed by atoms with Gasteiger partial charge in [-0.3, -0.25) is 0 Å². The summed E-state index contributed by atoms with van der Waals surface area (Å²) in [5.41, 5.74) is 18.8. The second kappa shape index (κ2) is 23.8. The minimum absolute atomic E-state index is 0.163. The van der Waals surface area contributed by atoms with Gasteiger partial charge in [0.25, 0.3) is 0 Å². The van der Waals surface area contributed by atoms with Crippen LogP contribution in [0, 0.1) is 13.8 Å². The van der Waals surface area contributed by atoms with Gasteiger partial charge in [0, 0.05) is 23.2 Å². The third kappa shape index (κ3) is 12.4. The van der Waals surface area contributed by atoms with Crippen molar-refractivity contribution in [2.24, 2.45) is 11.5 Å². The molecule has 3 nitrogen and oxygen atoms in total. The summed E-state index contributed by atoms with van der Waals surface area (Å²) in [7, 11) is 6.95. The van der Waals surface area contributed by atoms with Gasteiger partial charge in [-0.1, -0.05) is 158 Å². The molecule has 5 N–H and O–H groups in total. The molecule has 2 atom stereocenters. The first-order valence-corrected chi connectivity index (χ1v) is 27.6. The summed E-state index contributed by atoms with van der Waals surface area (Å²) in [5, 5.41) is 20.2. The first kappa shape index (κ1) is 46.2. The molecule has 0 saturated carbocycles. The van der Waals surface area contributed by atoms with E-state index in [1.165, 1.54) is 43.0 Å². The zero-order chi connectivity index (χ0) is 43.0. The Bertz CT molecular complexity index is 2250. The van der Waals surface area contributed by atoms with E-state index in [4.69, 9.17) is 30.8 Å². The Morgan fingerprint density at radius 2 is 0.656 bits per heavy atom. The van der Waals surface area contributed by atoms with E-state index in [9.17, 15) is 5.11 Å². The average molecular weight is 967 g/mol. The molecule has 0 heterocycles. The van der Waals surface area contributed by atoms with Crippen molar-refractivity contribution in [2.75, 3.05) is 0 Å². The maximum atomic E-state index is 12.5. The molecule has 2 unspecified atom stereocenters. The van der Waals surface area contributed by atoms with E-state index in [1.54, 1.807) is 0 Å². The van der Waals surface area contributed by atoms with Gasteiger partial charge in [0.05, 0.1) is 15.8 Å². The topological polar surface area (TPSA) is 72.3 Å². The number of aliphatic hydroxyl groups excluding tert-OH is 1. The molecule has 0 aromatic heterocycles. The van der Waals surface area contributed by atoms with Crippen LogP contribution in [0.1, 0.15) is 51.6 Å². The van der Waals surface area contributed by atoms with Crippen LogP contribution >= 0.6 is 35.2 Å². The van der Waals surface area contributed by atoms with E-state index >= 15 is 0 Å². The molecular weight excluding hydrogens is 915 g/mol. The van der Waals surface area contributed by atoms with Crippen molar-refractivity contribution < 1.29 is 20.3 Å². The molecule has 308 valence electrons. The average Bonchev–Trinajstić information content (AvgIpc) is 3.31. The van der Waals surface area contributed by atoms with Crippen LogP contribution in [-0.4, -0.2) is 5.11 Å². The van der Waals surface area contributed by atoms with Gasteiger partial charge >= 0.3 is 34.5 Å². The zero-order valence-corrected chi connectivity index (χ0v) is 39.5. The third-order valence-electron chi connectivity index (χ3n) is 10.6. The molecule has 0 fully saturated rings. The van der Waals surface area contributed by atoms with E-state index in [2.05, 4.69) is 172 Å². The second-order valence-corrected chi connectivity index (χ2v) is 22.2. The molecule has 61 heavy (non-hydrogen) atoms. The van der Waals surface area contributed by atoms with Gasteiger partial charge in [-0.15, -0.1) is 0 Å². The Labute approximate surface area is 380 Å². The molecule has 0 aliphatic rings. The predicted octanol–water partition coefficient (Wildman–Crippen LogP) is 10.1. The first-order chi connectivity index (χ1) is 29.8. The number of aliphatic hydroxyl groups is 1. The summed E-state index contributed by atoms with van der Waals surface area (Å²) in [6.45, 7) is 4.30. The number of benzene rings is 8. The molecule has 8 rings (SSSR count). The molecule has 8 aromatic carbocycles. The van der Waals surface area contributed by atoms with Crippen LogP contribution in [0.25, 0.3) is 0 Å². The molecule has 0 aliphatic carbocycles. The normalized spacial score (nSPS) is 11.9. The van der Waals surface area contributed by atoms with Gasteiger partial charge in [-0.05, 0) is 96.8 Å². The molecular formula is C53H52Cl2N2OP2Ru+4. The predicted molar refractivity (Wildman–Crippen MR) is 265 cm³/mol. The van der Waals surface area contributed by atoms with E-state index in [0.717, 1.165) is 22.3 Å². The van der Waals surface area contributed by atoms with Crippen LogP contribution in [0.3, 0.4) is 0 Å². The number of nitrogens with two attached hydrogens (primary N) is 2. The van der Waals surface area contributed by atoms with Crippen LogP contribution < -0.4 is 43.3 Å². The van der Waals surface area contributed by atoms with E-state index in [-0.39, 0.29) is 27.2 Å². The van der Waals surface area contributed by atoms with Crippen molar-refractivity contribution in [3.05, 3.63) is 252 Å². The zero-order valence-electron chi connectivity index (χ0n) is 34.2. The molecule has 0 bridgehead atoms. The summed E-state index contributed by atoms with van der Waals surface area (Å²) < 4.78 is 0. The Morgan fingerprint density at radius 1 is 0.410 bits per heavy atom. The van der Waals surface area contributed by atoms with Crippen molar-refractivity contribution >= 4 is 67.1 Å². The first-order valence-electron chi connectivity index (χ1n) is 20.1. The molecule has 0 radical (unpaired) electrons. The van der Waals surface area contributed by atoms with Crippen molar-refractivity contribution in [2.45, 2.75) is 32.0 Å². The van der Waals surface area contributed by atoms with Gasteiger partial charge in [0.2, 0.25) is 0 Å². The van der Waals surface area contributed by atoms with Gasteiger partial charge in [0.1, 0.15) is 37.9 Å². The monoisotopic (exact) mass is 966 g/mol. The van der Waals surface area contributed by atoms with Gasteiger partial charge < -0.3 is 16.6 Å². The Balaban J connectivity index is 0.000000272. The summed E-state index contributed by atoms with van der Waals surface area (Å²) in [5.74, 6) is 0. The van der Waals surface area contributed by atoms with Crippen molar-refractivity contribution in [3.63, 3.8) is 0 Å². The number of rotatable bonds is 11. The summed E-state index contributed by atoms with van der Waals surface area (Å²) in [4.78, 5) is 0. The Morgan fingerprint density at radius 3 is 0.918 bits per heavy atom. The summed E-state index contributed by atoms with van der Waals surface area (Å²) in [6.07, 6.45) is -0.754. The van der Waals surface area contributed by atoms with Crippen LogP contribution in [0.15, 0.2) is 218 Å². The third-order valence-corrected chi connectivity index (χ3v) is 16.1.